The number of carbonyl (C=O) groups excluding carboxylic acids is 1. The van der Waals surface area contributed by atoms with Gasteiger partial charge in [-0.3, -0.25) is 4.79 Å². The van der Waals surface area contributed by atoms with Gasteiger partial charge in [-0.25, -0.2) is 0 Å². The fourth-order valence-electron chi connectivity index (χ4n) is 2.25. The first-order valence-corrected chi connectivity index (χ1v) is 4.55. The number of ether oxygens (including phenoxy) is 1. The molecule has 2 atom stereocenters. The van der Waals surface area contributed by atoms with Crippen molar-refractivity contribution >= 4 is 5.97 Å². The summed E-state index contributed by atoms with van der Waals surface area (Å²) in [5.74, 6) is 0.566. The lowest BCUT2D eigenvalue weighted by atomic mass is 9.86. The normalized spacial score (nSPS) is 35.0. The van der Waals surface area contributed by atoms with Crippen molar-refractivity contribution in [3.63, 3.8) is 0 Å². The molecule has 1 aliphatic heterocycles. The van der Waals surface area contributed by atoms with Gasteiger partial charge in [0.2, 0.25) is 0 Å². The Morgan fingerprint density at radius 2 is 2.25 bits per heavy atom. The van der Waals surface area contributed by atoms with Crippen LogP contribution in [-0.2, 0) is 9.53 Å². The fourth-order valence-corrected chi connectivity index (χ4v) is 2.25. The van der Waals surface area contributed by atoms with Crippen LogP contribution in [0.5, 0.6) is 0 Å². The lowest BCUT2D eigenvalue weighted by molar-refractivity contribution is -0.151. The molecule has 0 aromatic rings. The predicted molar refractivity (Wildman–Crippen MR) is 45.5 cm³/mol. The minimum Gasteiger partial charge on any atom is -0.461 e. The highest BCUT2D eigenvalue weighted by Crippen LogP contribution is 2.39. The smallest absolute Gasteiger partial charge is 0.309 e. The van der Waals surface area contributed by atoms with Gasteiger partial charge in [0.25, 0.3) is 0 Å². The Labute approximate surface area is 72.6 Å². The number of carbonyl (C=O) groups is 1. The molecule has 2 rings (SSSR count). The number of hydrogen-bond donors (Lipinski definition) is 0. The van der Waals surface area contributed by atoms with Gasteiger partial charge in [-0.2, -0.15) is 0 Å². The standard InChI is InChI=1S/C10H14O2/c1-6-3-4-8-7(2)10(11)12-5-9(6)8/h7-8H,3-5H2,1-2H3/t7-,8+/m1/s1. The SMILES string of the molecule is CC1=C2COC(=O)[C@H](C)[C@@H]2CC1. The molecule has 1 heterocycles. The summed E-state index contributed by atoms with van der Waals surface area (Å²) in [6.07, 6.45) is 2.30. The van der Waals surface area contributed by atoms with E-state index in [1.807, 2.05) is 6.92 Å². The molecule has 2 heteroatoms. The van der Waals surface area contributed by atoms with E-state index in [0.717, 1.165) is 12.8 Å². The Hall–Kier alpha value is -0.790. The highest BCUT2D eigenvalue weighted by molar-refractivity contribution is 5.74. The van der Waals surface area contributed by atoms with Crippen molar-refractivity contribution < 1.29 is 9.53 Å². The van der Waals surface area contributed by atoms with Gasteiger partial charge in [-0.05, 0) is 31.3 Å². The Balaban J connectivity index is 2.27. The van der Waals surface area contributed by atoms with Gasteiger partial charge >= 0.3 is 5.97 Å². The molecular formula is C10H14O2. The molecule has 0 aromatic carbocycles. The lowest BCUT2D eigenvalue weighted by Crippen LogP contribution is -2.30. The van der Waals surface area contributed by atoms with Gasteiger partial charge < -0.3 is 4.74 Å². The molecule has 1 aliphatic carbocycles. The monoisotopic (exact) mass is 166 g/mol. The summed E-state index contributed by atoms with van der Waals surface area (Å²) in [6.45, 7) is 4.69. The van der Waals surface area contributed by atoms with E-state index in [9.17, 15) is 4.79 Å². The summed E-state index contributed by atoms with van der Waals surface area (Å²) in [5.41, 5.74) is 2.83. The first-order valence-electron chi connectivity index (χ1n) is 4.55. The molecule has 2 nitrogen and oxygen atoms in total. The molecular weight excluding hydrogens is 152 g/mol. The van der Waals surface area contributed by atoms with Gasteiger partial charge in [0.15, 0.2) is 0 Å². The van der Waals surface area contributed by atoms with Gasteiger partial charge in [0, 0.05) is 0 Å². The number of fused-ring (bicyclic) bond motifs is 1. The van der Waals surface area contributed by atoms with E-state index in [4.69, 9.17) is 4.74 Å². The molecule has 66 valence electrons. The summed E-state index contributed by atoms with van der Waals surface area (Å²) in [5, 5.41) is 0. The third-order valence-electron chi connectivity index (χ3n) is 3.17. The van der Waals surface area contributed by atoms with E-state index in [2.05, 4.69) is 6.92 Å². The van der Waals surface area contributed by atoms with Crippen molar-refractivity contribution in [3.8, 4) is 0 Å². The van der Waals surface area contributed by atoms with E-state index < -0.39 is 0 Å². The third kappa shape index (κ3) is 0.977. The molecule has 2 aliphatic rings. The zero-order valence-corrected chi connectivity index (χ0v) is 7.59. The second kappa shape index (κ2) is 2.61. The van der Waals surface area contributed by atoms with E-state index >= 15 is 0 Å². The zero-order chi connectivity index (χ0) is 8.72. The van der Waals surface area contributed by atoms with Crippen LogP contribution in [0.3, 0.4) is 0 Å². The average molecular weight is 166 g/mol. The molecule has 0 N–H and O–H groups in total. The molecule has 0 unspecified atom stereocenters. The quantitative estimate of drug-likeness (QED) is 0.406. The van der Waals surface area contributed by atoms with Crippen molar-refractivity contribution in [1.29, 1.82) is 0 Å². The summed E-state index contributed by atoms with van der Waals surface area (Å²) in [4.78, 5) is 11.2. The molecule has 0 spiro atoms. The fraction of sp³-hybridized carbons (Fsp3) is 0.700. The van der Waals surface area contributed by atoms with E-state index in [0.29, 0.717) is 12.5 Å². The van der Waals surface area contributed by atoms with Crippen LogP contribution in [0, 0.1) is 11.8 Å². The van der Waals surface area contributed by atoms with Crippen LogP contribution in [0.1, 0.15) is 26.7 Å². The second-order valence-corrected chi connectivity index (χ2v) is 3.85. The van der Waals surface area contributed by atoms with E-state index in [-0.39, 0.29) is 11.9 Å². The maximum Gasteiger partial charge on any atom is 0.309 e. The van der Waals surface area contributed by atoms with Crippen molar-refractivity contribution in [2.45, 2.75) is 26.7 Å². The minimum atomic E-state index is -0.0153. The first-order chi connectivity index (χ1) is 5.70. The second-order valence-electron chi connectivity index (χ2n) is 3.85. The molecule has 0 aromatic heterocycles. The molecule has 12 heavy (non-hydrogen) atoms. The maximum absolute atomic E-state index is 11.2. The van der Waals surface area contributed by atoms with E-state index in [1.54, 1.807) is 0 Å². The summed E-state index contributed by atoms with van der Waals surface area (Å²) >= 11 is 0. The molecule has 0 saturated carbocycles. The van der Waals surface area contributed by atoms with Crippen LogP contribution in [0.2, 0.25) is 0 Å². The van der Waals surface area contributed by atoms with Crippen molar-refractivity contribution in [2.24, 2.45) is 11.8 Å². The van der Waals surface area contributed by atoms with Crippen LogP contribution in [-0.4, -0.2) is 12.6 Å². The molecule has 1 fully saturated rings. The summed E-state index contributed by atoms with van der Waals surface area (Å²) in [7, 11) is 0. The third-order valence-corrected chi connectivity index (χ3v) is 3.17. The van der Waals surface area contributed by atoms with Gasteiger partial charge in [0.05, 0.1) is 5.92 Å². The number of allylic oxidation sites excluding steroid dienone is 1. The van der Waals surface area contributed by atoms with E-state index in [1.165, 1.54) is 11.1 Å². The Morgan fingerprint density at radius 1 is 1.50 bits per heavy atom. The van der Waals surface area contributed by atoms with Crippen LogP contribution in [0.25, 0.3) is 0 Å². The Bertz CT molecular complexity index is 253. The number of hydrogen-bond acceptors (Lipinski definition) is 2. The molecule has 1 saturated heterocycles. The van der Waals surface area contributed by atoms with Crippen molar-refractivity contribution in [1.82, 2.24) is 0 Å². The molecule has 0 amide bonds. The van der Waals surface area contributed by atoms with Crippen LogP contribution in [0.15, 0.2) is 11.1 Å². The lowest BCUT2D eigenvalue weighted by Gasteiger charge is -2.26. The van der Waals surface area contributed by atoms with Crippen LogP contribution < -0.4 is 0 Å². The predicted octanol–water partition coefficient (Wildman–Crippen LogP) is 1.91. The van der Waals surface area contributed by atoms with Crippen molar-refractivity contribution in [3.05, 3.63) is 11.1 Å². The topological polar surface area (TPSA) is 26.3 Å². The maximum atomic E-state index is 11.2. The Kier molecular flexibility index (Phi) is 1.71. The molecule has 0 bridgehead atoms. The van der Waals surface area contributed by atoms with Crippen molar-refractivity contribution in [2.75, 3.05) is 6.61 Å². The largest absolute Gasteiger partial charge is 0.461 e. The summed E-state index contributed by atoms with van der Waals surface area (Å²) in [6, 6.07) is 0. The van der Waals surface area contributed by atoms with Gasteiger partial charge in [0.1, 0.15) is 6.61 Å². The zero-order valence-electron chi connectivity index (χ0n) is 7.59. The summed E-state index contributed by atoms with van der Waals surface area (Å²) < 4.78 is 5.08. The first kappa shape index (κ1) is 7.84. The highest BCUT2D eigenvalue weighted by Gasteiger charge is 2.36. The Morgan fingerprint density at radius 3 is 3.00 bits per heavy atom. The van der Waals surface area contributed by atoms with Crippen LogP contribution in [0.4, 0.5) is 0 Å². The van der Waals surface area contributed by atoms with Crippen LogP contribution >= 0.6 is 0 Å². The minimum absolute atomic E-state index is 0.0153. The van der Waals surface area contributed by atoms with Gasteiger partial charge in [-0.1, -0.05) is 12.5 Å². The average Bonchev–Trinajstić information content (AvgIpc) is 2.41. The van der Waals surface area contributed by atoms with Gasteiger partial charge in [-0.15, -0.1) is 0 Å². The number of cyclic esters (lactones) is 1. The number of esters is 1. The number of rotatable bonds is 0. The highest BCUT2D eigenvalue weighted by atomic mass is 16.5. The molecule has 0 radical (unpaired) electrons.